The molecule has 1 aliphatic carbocycles. The number of benzene rings is 1. The Bertz CT molecular complexity index is 425. The zero-order valence-electron chi connectivity index (χ0n) is 10.9. The molecule has 1 aromatic rings. The molecule has 3 nitrogen and oxygen atoms in total. The molecule has 0 bridgehead atoms. The van der Waals surface area contributed by atoms with Crippen LogP contribution in [0.1, 0.15) is 38.2 Å². The van der Waals surface area contributed by atoms with E-state index in [1.54, 1.807) is 0 Å². The van der Waals surface area contributed by atoms with E-state index in [-0.39, 0.29) is 5.91 Å². The van der Waals surface area contributed by atoms with Crippen LogP contribution in [0, 0.1) is 5.92 Å². The third-order valence-electron chi connectivity index (χ3n) is 3.29. The van der Waals surface area contributed by atoms with E-state index < -0.39 is 0 Å². The van der Waals surface area contributed by atoms with Crippen LogP contribution >= 0.6 is 0 Å². The van der Waals surface area contributed by atoms with Crippen LogP contribution in [0.2, 0.25) is 0 Å². The Morgan fingerprint density at radius 3 is 2.89 bits per heavy atom. The fraction of sp³-hybridized carbons (Fsp3) is 0.467. The number of nitrogens with zero attached hydrogens (tertiary/aromatic N) is 1. The molecule has 0 aliphatic heterocycles. The van der Waals surface area contributed by atoms with Gasteiger partial charge < -0.3 is 0 Å². The molecule has 1 unspecified atom stereocenters. The van der Waals surface area contributed by atoms with Crippen LogP contribution in [-0.4, -0.2) is 11.6 Å². The summed E-state index contributed by atoms with van der Waals surface area (Å²) in [6, 6.07) is 9.74. The Balaban J connectivity index is 1.83. The number of carbonyl (C=O) groups is 1. The molecule has 1 aromatic carbocycles. The quantitative estimate of drug-likeness (QED) is 0.816. The first-order valence-electron chi connectivity index (χ1n) is 6.62. The highest BCUT2D eigenvalue weighted by atomic mass is 16.2. The third-order valence-corrected chi connectivity index (χ3v) is 3.29. The van der Waals surface area contributed by atoms with E-state index in [1.807, 2.05) is 30.3 Å². The number of hydrazone groups is 1. The van der Waals surface area contributed by atoms with E-state index in [4.69, 9.17) is 0 Å². The van der Waals surface area contributed by atoms with Crippen LogP contribution in [0.3, 0.4) is 0 Å². The van der Waals surface area contributed by atoms with Gasteiger partial charge in [-0.25, -0.2) is 5.43 Å². The molecule has 1 atom stereocenters. The predicted molar refractivity (Wildman–Crippen MR) is 73.4 cm³/mol. The summed E-state index contributed by atoms with van der Waals surface area (Å²) in [5, 5.41) is 4.25. The van der Waals surface area contributed by atoms with Gasteiger partial charge in [0.25, 0.3) is 0 Å². The van der Waals surface area contributed by atoms with Gasteiger partial charge >= 0.3 is 0 Å². The van der Waals surface area contributed by atoms with E-state index in [0.29, 0.717) is 12.3 Å². The smallest absolute Gasteiger partial charge is 0.244 e. The number of carbonyl (C=O) groups excluding carboxylic acids is 1. The lowest BCUT2D eigenvalue weighted by atomic mass is 9.89. The first kappa shape index (κ1) is 12.8. The maximum atomic E-state index is 11.7. The molecular formula is C15H20N2O. The molecule has 96 valence electrons. The molecule has 18 heavy (non-hydrogen) atoms. The molecule has 1 amide bonds. The maximum absolute atomic E-state index is 11.7. The van der Waals surface area contributed by atoms with Crippen LogP contribution in [0.25, 0.3) is 0 Å². The average Bonchev–Trinajstić information content (AvgIpc) is 2.38. The average molecular weight is 244 g/mol. The molecule has 0 saturated heterocycles. The Kier molecular flexibility index (Phi) is 4.51. The van der Waals surface area contributed by atoms with Crippen molar-refractivity contribution in [2.75, 3.05) is 0 Å². The van der Waals surface area contributed by atoms with Gasteiger partial charge in [-0.15, -0.1) is 0 Å². The van der Waals surface area contributed by atoms with Crippen molar-refractivity contribution in [3.63, 3.8) is 0 Å². The summed E-state index contributed by atoms with van der Waals surface area (Å²) in [5.74, 6) is 0.662. The standard InChI is InChI=1S/C15H20N2O/c1-12-6-5-9-14(10-12)16-17-15(18)11-13-7-3-2-4-8-13/h2-4,7-8,12H,5-6,9-11H2,1H3,(H,17,18)/b16-14-. The van der Waals surface area contributed by atoms with E-state index >= 15 is 0 Å². The van der Waals surface area contributed by atoms with Gasteiger partial charge in [0.05, 0.1) is 6.42 Å². The monoisotopic (exact) mass is 244 g/mol. The predicted octanol–water partition coefficient (Wildman–Crippen LogP) is 2.91. The van der Waals surface area contributed by atoms with Crippen molar-refractivity contribution in [3.8, 4) is 0 Å². The normalized spacial score (nSPS) is 21.8. The van der Waals surface area contributed by atoms with Crippen LogP contribution in [0.5, 0.6) is 0 Å². The number of rotatable bonds is 3. The number of hydrogen-bond donors (Lipinski definition) is 1. The Morgan fingerprint density at radius 2 is 2.17 bits per heavy atom. The molecule has 1 saturated carbocycles. The van der Waals surface area contributed by atoms with Crippen LogP contribution in [0.15, 0.2) is 35.4 Å². The van der Waals surface area contributed by atoms with Gasteiger partial charge in [0.2, 0.25) is 5.91 Å². The van der Waals surface area contributed by atoms with E-state index in [2.05, 4.69) is 17.5 Å². The molecule has 1 N–H and O–H groups in total. The van der Waals surface area contributed by atoms with Crippen molar-refractivity contribution in [2.45, 2.75) is 39.0 Å². The lowest BCUT2D eigenvalue weighted by Crippen LogP contribution is -2.23. The Morgan fingerprint density at radius 1 is 1.39 bits per heavy atom. The zero-order valence-corrected chi connectivity index (χ0v) is 10.9. The second-order valence-corrected chi connectivity index (χ2v) is 5.08. The van der Waals surface area contributed by atoms with Crippen molar-refractivity contribution < 1.29 is 4.79 Å². The van der Waals surface area contributed by atoms with Crippen molar-refractivity contribution in [1.29, 1.82) is 0 Å². The van der Waals surface area contributed by atoms with Gasteiger partial charge in [-0.05, 0) is 37.2 Å². The maximum Gasteiger partial charge on any atom is 0.244 e. The van der Waals surface area contributed by atoms with Gasteiger partial charge in [-0.1, -0.05) is 37.3 Å². The number of amides is 1. The second-order valence-electron chi connectivity index (χ2n) is 5.08. The minimum absolute atomic E-state index is 0.0353. The summed E-state index contributed by atoms with van der Waals surface area (Å²) in [7, 11) is 0. The highest BCUT2D eigenvalue weighted by Gasteiger charge is 2.14. The molecule has 0 spiro atoms. The molecule has 0 aromatic heterocycles. The number of nitrogens with one attached hydrogen (secondary N) is 1. The molecule has 3 heteroatoms. The van der Waals surface area contributed by atoms with Crippen molar-refractivity contribution in [2.24, 2.45) is 11.0 Å². The highest BCUT2D eigenvalue weighted by Crippen LogP contribution is 2.20. The molecule has 1 aliphatic rings. The van der Waals surface area contributed by atoms with Crippen molar-refractivity contribution >= 4 is 11.6 Å². The van der Waals surface area contributed by atoms with E-state index in [1.165, 1.54) is 12.8 Å². The van der Waals surface area contributed by atoms with Gasteiger partial charge in [-0.2, -0.15) is 5.10 Å². The summed E-state index contributed by atoms with van der Waals surface area (Å²) in [6.45, 7) is 2.24. The lowest BCUT2D eigenvalue weighted by Gasteiger charge is -2.18. The van der Waals surface area contributed by atoms with Gasteiger partial charge in [0.15, 0.2) is 0 Å². The minimum Gasteiger partial charge on any atom is -0.273 e. The van der Waals surface area contributed by atoms with Crippen LogP contribution in [-0.2, 0) is 11.2 Å². The lowest BCUT2D eigenvalue weighted by molar-refractivity contribution is -0.120. The first-order valence-corrected chi connectivity index (χ1v) is 6.62. The fourth-order valence-electron chi connectivity index (χ4n) is 2.32. The minimum atomic E-state index is -0.0353. The Labute approximate surface area is 108 Å². The molecular weight excluding hydrogens is 224 g/mol. The topological polar surface area (TPSA) is 41.5 Å². The third kappa shape index (κ3) is 3.99. The highest BCUT2D eigenvalue weighted by molar-refractivity contribution is 5.87. The SMILES string of the molecule is CC1CCC/C(=N/NC(=O)Cc2ccccc2)C1. The first-order chi connectivity index (χ1) is 8.74. The summed E-state index contributed by atoms with van der Waals surface area (Å²) >= 11 is 0. The van der Waals surface area contributed by atoms with Gasteiger partial charge in [-0.3, -0.25) is 4.79 Å². The summed E-state index contributed by atoms with van der Waals surface area (Å²) in [5.41, 5.74) is 4.83. The van der Waals surface area contributed by atoms with E-state index in [9.17, 15) is 4.79 Å². The Hall–Kier alpha value is -1.64. The molecule has 2 rings (SSSR count). The van der Waals surface area contributed by atoms with E-state index in [0.717, 1.165) is 24.1 Å². The van der Waals surface area contributed by atoms with Crippen molar-refractivity contribution in [3.05, 3.63) is 35.9 Å². The summed E-state index contributed by atoms with van der Waals surface area (Å²) in [4.78, 5) is 11.7. The van der Waals surface area contributed by atoms with Gasteiger partial charge in [0.1, 0.15) is 0 Å². The fourth-order valence-corrected chi connectivity index (χ4v) is 2.32. The molecule has 0 heterocycles. The van der Waals surface area contributed by atoms with Gasteiger partial charge in [0, 0.05) is 5.71 Å². The van der Waals surface area contributed by atoms with Crippen LogP contribution < -0.4 is 5.43 Å². The zero-order chi connectivity index (χ0) is 12.8. The summed E-state index contributed by atoms with van der Waals surface area (Å²) < 4.78 is 0. The summed E-state index contributed by atoms with van der Waals surface area (Å²) in [6.07, 6.45) is 4.90. The second kappa shape index (κ2) is 6.34. The molecule has 1 fully saturated rings. The molecule has 0 radical (unpaired) electrons. The number of hydrogen-bond acceptors (Lipinski definition) is 2. The largest absolute Gasteiger partial charge is 0.273 e. The van der Waals surface area contributed by atoms with Crippen molar-refractivity contribution in [1.82, 2.24) is 5.43 Å². The van der Waals surface area contributed by atoms with Crippen LogP contribution in [0.4, 0.5) is 0 Å².